The number of carboxylic acid groups (broad SMARTS) is 1. The standard InChI is InChI=1S/C19H27NO4/c1-12(2)13-7-6-8-14(9-13)15-10-20(11-16(15)17(21)22)18(23)24-19(3,4)5/h6-9,12,15-16H,10-11H2,1-5H3,(H,21,22)/p-1/t15-,16+/m1/s1. The Labute approximate surface area is 143 Å². The van der Waals surface area contributed by atoms with Crippen LogP contribution in [0.2, 0.25) is 0 Å². The van der Waals surface area contributed by atoms with E-state index in [2.05, 4.69) is 13.8 Å². The summed E-state index contributed by atoms with van der Waals surface area (Å²) in [6, 6.07) is 7.92. The van der Waals surface area contributed by atoms with Gasteiger partial charge in [-0.15, -0.1) is 0 Å². The van der Waals surface area contributed by atoms with E-state index in [-0.39, 0.29) is 12.5 Å². The number of likely N-dealkylation sites (tertiary alicyclic amines) is 1. The molecule has 0 aromatic heterocycles. The first kappa shape index (κ1) is 18.3. The SMILES string of the molecule is CC(C)c1cccc([C@H]2CN(C(=O)OC(C)(C)C)C[C@@H]2C(=O)[O-])c1. The van der Waals surface area contributed by atoms with E-state index in [1.54, 1.807) is 20.8 Å². The Hall–Kier alpha value is -2.04. The Morgan fingerprint density at radius 3 is 2.46 bits per heavy atom. The smallest absolute Gasteiger partial charge is 0.410 e. The number of hydrogen-bond acceptors (Lipinski definition) is 4. The van der Waals surface area contributed by atoms with E-state index >= 15 is 0 Å². The predicted molar refractivity (Wildman–Crippen MR) is 89.6 cm³/mol. The average molecular weight is 332 g/mol. The van der Waals surface area contributed by atoms with Crippen LogP contribution >= 0.6 is 0 Å². The van der Waals surface area contributed by atoms with Gasteiger partial charge in [0.1, 0.15) is 5.60 Å². The minimum atomic E-state index is -1.12. The second-order valence-corrected chi connectivity index (χ2v) is 7.74. The van der Waals surface area contributed by atoms with Gasteiger partial charge in [0.05, 0.1) is 0 Å². The fraction of sp³-hybridized carbons (Fsp3) is 0.579. The van der Waals surface area contributed by atoms with Crippen LogP contribution in [0.3, 0.4) is 0 Å². The van der Waals surface area contributed by atoms with E-state index in [1.165, 1.54) is 4.90 Å². The van der Waals surface area contributed by atoms with Gasteiger partial charge in [-0.3, -0.25) is 0 Å². The Kier molecular flexibility index (Phi) is 5.21. The highest BCUT2D eigenvalue weighted by molar-refractivity contribution is 5.74. The lowest BCUT2D eigenvalue weighted by Crippen LogP contribution is -2.38. The normalized spacial score (nSPS) is 21.2. The van der Waals surface area contributed by atoms with Gasteiger partial charge in [0.15, 0.2) is 0 Å². The average Bonchev–Trinajstić information content (AvgIpc) is 2.91. The summed E-state index contributed by atoms with van der Waals surface area (Å²) in [6.45, 7) is 10.0. The van der Waals surface area contributed by atoms with E-state index in [4.69, 9.17) is 4.74 Å². The van der Waals surface area contributed by atoms with Crippen LogP contribution in [0, 0.1) is 5.92 Å². The molecule has 1 heterocycles. The molecule has 0 saturated carbocycles. The Morgan fingerprint density at radius 1 is 1.25 bits per heavy atom. The zero-order chi connectivity index (χ0) is 18.1. The summed E-state index contributed by atoms with van der Waals surface area (Å²) in [7, 11) is 0. The van der Waals surface area contributed by atoms with Crippen LogP contribution in [-0.2, 0) is 9.53 Å². The Morgan fingerprint density at radius 2 is 1.92 bits per heavy atom. The number of carboxylic acids is 1. The predicted octanol–water partition coefficient (Wildman–Crippen LogP) is 2.51. The molecule has 1 saturated heterocycles. The molecule has 2 atom stereocenters. The third-order valence-electron chi connectivity index (χ3n) is 4.28. The van der Waals surface area contributed by atoms with Crippen LogP contribution in [0.4, 0.5) is 4.79 Å². The second-order valence-electron chi connectivity index (χ2n) is 7.74. The highest BCUT2D eigenvalue weighted by Crippen LogP contribution is 2.34. The molecule has 1 aromatic rings. The quantitative estimate of drug-likeness (QED) is 0.853. The van der Waals surface area contributed by atoms with Crippen molar-refractivity contribution in [3.05, 3.63) is 35.4 Å². The van der Waals surface area contributed by atoms with Crippen molar-refractivity contribution in [2.24, 2.45) is 5.92 Å². The largest absolute Gasteiger partial charge is 0.550 e. The summed E-state index contributed by atoms with van der Waals surface area (Å²) < 4.78 is 5.37. The molecule has 5 nitrogen and oxygen atoms in total. The van der Waals surface area contributed by atoms with Crippen molar-refractivity contribution >= 4 is 12.1 Å². The molecule has 0 spiro atoms. The van der Waals surface area contributed by atoms with Gasteiger partial charge in [0.2, 0.25) is 0 Å². The highest BCUT2D eigenvalue weighted by atomic mass is 16.6. The van der Waals surface area contributed by atoms with Gasteiger partial charge in [-0.1, -0.05) is 38.1 Å². The van der Waals surface area contributed by atoms with E-state index in [1.807, 2.05) is 24.3 Å². The molecule has 1 aliphatic rings. The third kappa shape index (κ3) is 4.28. The maximum Gasteiger partial charge on any atom is 0.410 e. The summed E-state index contributed by atoms with van der Waals surface area (Å²) >= 11 is 0. The number of hydrogen-bond donors (Lipinski definition) is 0. The maximum atomic E-state index is 12.3. The van der Waals surface area contributed by atoms with Crippen LogP contribution in [0.15, 0.2) is 24.3 Å². The van der Waals surface area contributed by atoms with E-state index < -0.39 is 23.6 Å². The lowest BCUT2D eigenvalue weighted by molar-refractivity contribution is -0.311. The number of carbonyl (C=O) groups excluding carboxylic acids is 2. The molecule has 1 fully saturated rings. The number of amides is 1. The Balaban J connectivity index is 2.24. The minimum absolute atomic E-state index is 0.119. The molecule has 132 valence electrons. The topological polar surface area (TPSA) is 69.7 Å². The summed E-state index contributed by atoms with van der Waals surface area (Å²) in [5.41, 5.74) is 1.48. The van der Waals surface area contributed by atoms with E-state index in [0.717, 1.165) is 11.1 Å². The minimum Gasteiger partial charge on any atom is -0.550 e. The molecule has 0 unspecified atom stereocenters. The van der Waals surface area contributed by atoms with Gasteiger partial charge < -0.3 is 19.5 Å². The number of rotatable bonds is 3. The second kappa shape index (κ2) is 6.83. The van der Waals surface area contributed by atoms with Gasteiger partial charge in [-0.05, 0) is 37.8 Å². The van der Waals surface area contributed by atoms with Crippen molar-refractivity contribution in [1.82, 2.24) is 4.90 Å². The maximum absolute atomic E-state index is 12.3. The zero-order valence-corrected chi connectivity index (χ0v) is 15.0. The number of aliphatic carboxylic acids is 1. The summed E-state index contributed by atoms with van der Waals surface area (Å²) in [5.74, 6) is -1.77. The van der Waals surface area contributed by atoms with Crippen LogP contribution in [-0.4, -0.2) is 35.7 Å². The first-order chi connectivity index (χ1) is 11.1. The van der Waals surface area contributed by atoms with Crippen LogP contribution < -0.4 is 5.11 Å². The van der Waals surface area contributed by atoms with Crippen LogP contribution in [0.1, 0.15) is 57.6 Å². The summed E-state index contributed by atoms with van der Waals surface area (Å²) in [5, 5.41) is 11.6. The molecule has 1 aromatic carbocycles. The van der Waals surface area contributed by atoms with E-state index in [9.17, 15) is 14.7 Å². The van der Waals surface area contributed by atoms with Crippen molar-refractivity contribution in [3.63, 3.8) is 0 Å². The lowest BCUT2D eigenvalue weighted by Gasteiger charge is -2.24. The van der Waals surface area contributed by atoms with E-state index in [0.29, 0.717) is 12.5 Å². The van der Waals surface area contributed by atoms with Crippen LogP contribution in [0.5, 0.6) is 0 Å². The third-order valence-corrected chi connectivity index (χ3v) is 4.28. The number of ether oxygens (including phenoxy) is 1. The lowest BCUT2D eigenvalue weighted by atomic mass is 9.87. The number of carbonyl (C=O) groups is 2. The summed E-state index contributed by atoms with van der Waals surface area (Å²) in [4.78, 5) is 25.3. The van der Waals surface area contributed by atoms with Gasteiger partial charge >= 0.3 is 6.09 Å². The Bertz CT molecular complexity index is 618. The van der Waals surface area contributed by atoms with Crippen molar-refractivity contribution in [2.45, 2.75) is 52.1 Å². The molecular formula is C19H26NO4-. The molecule has 2 rings (SSSR count). The zero-order valence-electron chi connectivity index (χ0n) is 15.0. The van der Waals surface area contributed by atoms with Gasteiger partial charge in [-0.25, -0.2) is 4.79 Å². The molecule has 5 heteroatoms. The van der Waals surface area contributed by atoms with Crippen molar-refractivity contribution in [2.75, 3.05) is 13.1 Å². The van der Waals surface area contributed by atoms with Gasteiger partial charge in [0, 0.05) is 30.9 Å². The van der Waals surface area contributed by atoms with Crippen molar-refractivity contribution in [3.8, 4) is 0 Å². The van der Waals surface area contributed by atoms with Crippen molar-refractivity contribution in [1.29, 1.82) is 0 Å². The molecule has 0 aliphatic carbocycles. The van der Waals surface area contributed by atoms with Crippen LogP contribution in [0.25, 0.3) is 0 Å². The monoisotopic (exact) mass is 332 g/mol. The van der Waals surface area contributed by atoms with Gasteiger partial charge in [-0.2, -0.15) is 0 Å². The number of nitrogens with zero attached hydrogens (tertiary/aromatic N) is 1. The van der Waals surface area contributed by atoms with Crippen molar-refractivity contribution < 1.29 is 19.4 Å². The molecule has 0 N–H and O–H groups in total. The molecular weight excluding hydrogens is 306 g/mol. The summed E-state index contributed by atoms with van der Waals surface area (Å²) in [6.07, 6.45) is -0.476. The number of benzene rings is 1. The fourth-order valence-corrected chi connectivity index (χ4v) is 3.00. The highest BCUT2D eigenvalue weighted by Gasteiger charge is 2.38. The molecule has 1 amide bonds. The van der Waals surface area contributed by atoms with Gasteiger partial charge in [0.25, 0.3) is 0 Å². The fourth-order valence-electron chi connectivity index (χ4n) is 3.00. The first-order valence-electron chi connectivity index (χ1n) is 8.37. The first-order valence-corrected chi connectivity index (χ1v) is 8.37. The molecule has 1 aliphatic heterocycles. The molecule has 0 radical (unpaired) electrons. The molecule has 24 heavy (non-hydrogen) atoms. The molecule has 0 bridgehead atoms.